The monoisotopic (exact) mass is 275 g/mol. The molecule has 0 amide bonds. The second kappa shape index (κ2) is 3.55. The number of carbonyl (C=O) groups is 1. The SMILES string of the molecule is N#Cc1cc2c(cc1C(F)(F)F)S(=O)(=O)CC2=O. The van der Waals surface area contributed by atoms with E-state index in [-0.39, 0.29) is 5.56 Å². The summed E-state index contributed by atoms with van der Waals surface area (Å²) in [5.41, 5.74) is -2.45. The van der Waals surface area contributed by atoms with Gasteiger partial charge in [0.1, 0.15) is 5.75 Å². The van der Waals surface area contributed by atoms with E-state index in [2.05, 4.69) is 0 Å². The van der Waals surface area contributed by atoms with Crippen molar-refractivity contribution in [2.24, 2.45) is 0 Å². The van der Waals surface area contributed by atoms with Crippen LogP contribution >= 0.6 is 0 Å². The van der Waals surface area contributed by atoms with E-state index in [9.17, 15) is 26.4 Å². The molecule has 0 unspecified atom stereocenters. The minimum absolute atomic E-state index is 0.348. The van der Waals surface area contributed by atoms with E-state index in [0.29, 0.717) is 12.1 Å². The Labute approximate surface area is 99.6 Å². The lowest BCUT2D eigenvalue weighted by Gasteiger charge is -2.10. The number of Topliss-reactive ketones (excluding diaryl/α,β-unsaturated/α-hetero) is 1. The highest BCUT2D eigenvalue weighted by Gasteiger charge is 2.40. The minimum Gasteiger partial charge on any atom is -0.293 e. The van der Waals surface area contributed by atoms with Crippen molar-refractivity contribution in [3.63, 3.8) is 0 Å². The van der Waals surface area contributed by atoms with Gasteiger partial charge in [-0.1, -0.05) is 0 Å². The number of nitriles is 1. The van der Waals surface area contributed by atoms with Gasteiger partial charge in [0.2, 0.25) is 0 Å². The van der Waals surface area contributed by atoms with Gasteiger partial charge in [-0.25, -0.2) is 8.42 Å². The van der Waals surface area contributed by atoms with E-state index in [1.807, 2.05) is 0 Å². The first-order valence-electron chi connectivity index (χ1n) is 4.58. The molecule has 0 aliphatic carbocycles. The largest absolute Gasteiger partial charge is 0.417 e. The van der Waals surface area contributed by atoms with Crippen molar-refractivity contribution in [1.29, 1.82) is 5.26 Å². The normalized spacial score (nSPS) is 17.3. The Balaban J connectivity index is 2.84. The molecule has 1 aromatic carbocycles. The molecular weight excluding hydrogens is 271 g/mol. The Morgan fingerprint density at radius 1 is 1.28 bits per heavy atom. The molecule has 4 nitrogen and oxygen atoms in total. The smallest absolute Gasteiger partial charge is 0.293 e. The van der Waals surface area contributed by atoms with E-state index < -0.39 is 43.6 Å². The molecule has 2 rings (SSSR count). The molecule has 1 aromatic rings. The number of rotatable bonds is 0. The van der Waals surface area contributed by atoms with Crippen LogP contribution in [0.15, 0.2) is 17.0 Å². The number of nitrogens with zero attached hydrogens (tertiary/aromatic N) is 1. The molecule has 0 radical (unpaired) electrons. The summed E-state index contributed by atoms with van der Waals surface area (Å²) < 4.78 is 60.8. The van der Waals surface area contributed by atoms with E-state index >= 15 is 0 Å². The molecule has 0 fully saturated rings. The highest BCUT2D eigenvalue weighted by Crippen LogP contribution is 2.37. The number of sulfone groups is 1. The van der Waals surface area contributed by atoms with Crippen LogP contribution in [0, 0.1) is 11.3 Å². The average Bonchev–Trinajstić information content (AvgIpc) is 2.46. The summed E-state index contributed by atoms with van der Waals surface area (Å²) in [4.78, 5) is 10.7. The average molecular weight is 275 g/mol. The third-order valence-electron chi connectivity index (χ3n) is 2.50. The van der Waals surface area contributed by atoms with Gasteiger partial charge in [-0.2, -0.15) is 18.4 Å². The zero-order valence-electron chi connectivity index (χ0n) is 8.58. The van der Waals surface area contributed by atoms with Gasteiger partial charge >= 0.3 is 6.18 Å². The molecule has 8 heteroatoms. The standard InChI is InChI=1S/C10H4F3NO3S/c11-10(12,13)7-2-9-6(1-5(7)3-14)8(15)4-18(9,16)17/h1-2H,4H2. The predicted molar refractivity (Wildman–Crippen MR) is 52.5 cm³/mol. The van der Waals surface area contributed by atoms with Crippen LogP contribution in [-0.4, -0.2) is 20.0 Å². The van der Waals surface area contributed by atoms with Crippen LogP contribution in [0.3, 0.4) is 0 Å². The molecule has 0 bridgehead atoms. The van der Waals surface area contributed by atoms with E-state index in [1.165, 1.54) is 6.07 Å². The molecule has 0 spiro atoms. The third kappa shape index (κ3) is 1.76. The highest BCUT2D eigenvalue weighted by molar-refractivity contribution is 7.92. The summed E-state index contributed by atoms with van der Waals surface area (Å²) in [5.74, 6) is -1.65. The van der Waals surface area contributed by atoms with Crippen LogP contribution in [0.1, 0.15) is 21.5 Å². The number of alkyl halides is 3. The number of ketones is 1. The molecule has 94 valence electrons. The summed E-state index contributed by atoms with van der Waals surface area (Å²) in [6, 6.07) is 2.35. The zero-order chi connectivity index (χ0) is 13.7. The molecule has 1 heterocycles. The van der Waals surface area contributed by atoms with Gasteiger partial charge in [0, 0.05) is 5.56 Å². The summed E-state index contributed by atoms with van der Waals surface area (Å²) in [6.07, 6.45) is -4.85. The van der Waals surface area contributed by atoms with E-state index in [0.717, 1.165) is 0 Å². The Kier molecular flexibility index (Phi) is 2.48. The van der Waals surface area contributed by atoms with Crippen molar-refractivity contribution >= 4 is 15.6 Å². The highest BCUT2D eigenvalue weighted by atomic mass is 32.2. The van der Waals surface area contributed by atoms with E-state index in [4.69, 9.17) is 5.26 Å². The number of benzene rings is 1. The molecule has 1 aliphatic heterocycles. The summed E-state index contributed by atoms with van der Waals surface area (Å²) >= 11 is 0. The van der Waals surface area contributed by atoms with Gasteiger partial charge in [-0.3, -0.25) is 4.79 Å². The predicted octanol–water partition coefficient (Wildman–Crippen LogP) is 1.55. The maximum Gasteiger partial charge on any atom is 0.417 e. The maximum atomic E-state index is 12.6. The molecule has 1 aliphatic rings. The van der Waals surface area contributed by atoms with Crippen molar-refractivity contribution in [3.8, 4) is 6.07 Å². The van der Waals surface area contributed by atoms with Crippen molar-refractivity contribution in [2.45, 2.75) is 11.1 Å². The molecule has 18 heavy (non-hydrogen) atoms. The topological polar surface area (TPSA) is 75.0 Å². The second-order valence-electron chi connectivity index (χ2n) is 3.69. The number of carbonyl (C=O) groups excluding carboxylic acids is 1. The maximum absolute atomic E-state index is 12.6. The van der Waals surface area contributed by atoms with Crippen LogP contribution in [0.4, 0.5) is 13.2 Å². The molecule has 0 N–H and O–H groups in total. The fraction of sp³-hybridized carbons (Fsp3) is 0.200. The lowest BCUT2D eigenvalue weighted by molar-refractivity contribution is -0.137. The van der Waals surface area contributed by atoms with Crippen molar-refractivity contribution < 1.29 is 26.4 Å². The first kappa shape index (κ1) is 12.6. The lowest BCUT2D eigenvalue weighted by Crippen LogP contribution is -2.10. The fourth-order valence-electron chi connectivity index (χ4n) is 1.71. The van der Waals surface area contributed by atoms with Gasteiger partial charge in [0.25, 0.3) is 0 Å². The number of hydrogen-bond donors (Lipinski definition) is 0. The molecular formula is C10H4F3NO3S. The third-order valence-corrected chi connectivity index (χ3v) is 4.15. The summed E-state index contributed by atoms with van der Waals surface area (Å²) in [5, 5.41) is 8.62. The number of halogens is 3. The van der Waals surface area contributed by atoms with Crippen LogP contribution in [0.25, 0.3) is 0 Å². The van der Waals surface area contributed by atoms with Gasteiger partial charge in [0.05, 0.1) is 22.1 Å². The first-order valence-corrected chi connectivity index (χ1v) is 6.23. The molecule has 0 aromatic heterocycles. The Morgan fingerprint density at radius 3 is 2.39 bits per heavy atom. The minimum atomic E-state index is -4.85. The number of fused-ring (bicyclic) bond motifs is 1. The van der Waals surface area contributed by atoms with Crippen molar-refractivity contribution in [3.05, 3.63) is 28.8 Å². The van der Waals surface area contributed by atoms with Gasteiger partial charge in [-0.15, -0.1) is 0 Å². The molecule has 0 atom stereocenters. The Bertz CT molecular complexity index is 698. The van der Waals surface area contributed by atoms with Crippen molar-refractivity contribution in [2.75, 3.05) is 5.75 Å². The summed E-state index contributed by atoms with van der Waals surface area (Å²) in [6.45, 7) is 0. The van der Waals surface area contributed by atoms with Crippen molar-refractivity contribution in [1.82, 2.24) is 0 Å². The second-order valence-corrected chi connectivity index (χ2v) is 5.64. The van der Waals surface area contributed by atoms with E-state index in [1.54, 1.807) is 0 Å². The van der Waals surface area contributed by atoms with Gasteiger partial charge < -0.3 is 0 Å². The fourth-order valence-corrected chi connectivity index (χ4v) is 3.17. The van der Waals surface area contributed by atoms with Crippen LogP contribution in [-0.2, 0) is 16.0 Å². The quantitative estimate of drug-likeness (QED) is 0.719. The van der Waals surface area contributed by atoms with Crippen LogP contribution in [0.2, 0.25) is 0 Å². The van der Waals surface area contributed by atoms with Gasteiger partial charge in [0.15, 0.2) is 15.6 Å². The number of hydrogen-bond acceptors (Lipinski definition) is 4. The zero-order valence-corrected chi connectivity index (χ0v) is 9.39. The lowest BCUT2D eigenvalue weighted by atomic mass is 10.0. The molecule has 0 saturated carbocycles. The van der Waals surface area contributed by atoms with Crippen LogP contribution < -0.4 is 0 Å². The Hall–Kier alpha value is -1.88. The first-order chi connectivity index (χ1) is 8.16. The Morgan fingerprint density at radius 2 is 1.89 bits per heavy atom. The summed E-state index contributed by atoms with van der Waals surface area (Å²) in [7, 11) is -4.02. The van der Waals surface area contributed by atoms with Crippen LogP contribution in [0.5, 0.6) is 0 Å². The molecule has 0 saturated heterocycles. The van der Waals surface area contributed by atoms with Gasteiger partial charge in [-0.05, 0) is 12.1 Å².